The zero-order chi connectivity index (χ0) is 15.8. The van der Waals surface area contributed by atoms with Gasteiger partial charge in [0.2, 0.25) is 5.91 Å². The van der Waals surface area contributed by atoms with Crippen molar-refractivity contribution in [1.29, 1.82) is 0 Å². The van der Waals surface area contributed by atoms with Gasteiger partial charge in [0.05, 0.1) is 28.8 Å². The minimum atomic E-state index is -0.185. The van der Waals surface area contributed by atoms with Crippen LogP contribution in [0.2, 0.25) is 5.02 Å². The summed E-state index contributed by atoms with van der Waals surface area (Å²) >= 11 is 6.12. The number of carbonyl (C=O) groups excluding carboxylic acids is 1. The summed E-state index contributed by atoms with van der Waals surface area (Å²) in [6, 6.07) is 7.39. The summed E-state index contributed by atoms with van der Waals surface area (Å²) in [4.78, 5) is 11.8. The Morgan fingerprint density at radius 2 is 2.18 bits per heavy atom. The lowest BCUT2D eigenvalue weighted by Crippen LogP contribution is -2.18. The molecule has 0 aliphatic carbocycles. The molecule has 1 amide bonds. The molecule has 0 saturated carbocycles. The predicted molar refractivity (Wildman–Crippen MR) is 87.5 cm³/mol. The first-order chi connectivity index (χ1) is 10.7. The number of benzene rings is 1. The Labute approximate surface area is 135 Å². The molecular weight excluding hydrogens is 302 g/mol. The van der Waals surface area contributed by atoms with Crippen molar-refractivity contribution >= 4 is 23.2 Å². The molecule has 0 bridgehead atoms. The highest BCUT2D eigenvalue weighted by Gasteiger charge is 2.07. The molecule has 5 nitrogen and oxygen atoms in total. The summed E-state index contributed by atoms with van der Waals surface area (Å²) in [6.45, 7) is 2.80. The van der Waals surface area contributed by atoms with E-state index >= 15 is 0 Å². The van der Waals surface area contributed by atoms with Gasteiger partial charge in [-0.3, -0.25) is 4.79 Å². The van der Waals surface area contributed by atoms with E-state index in [1.165, 1.54) is 0 Å². The molecule has 1 aromatic heterocycles. The Morgan fingerprint density at radius 1 is 1.36 bits per heavy atom. The lowest BCUT2D eigenvalue weighted by atomic mass is 10.3. The maximum Gasteiger partial charge on any atom is 0.250 e. The highest BCUT2D eigenvalue weighted by Crippen LogP contribution is 2.20. The monoisotopic (exact) mass is 321 g/mol. The lowest BCUT2D eigenvalue weighted by Gasteiger charge is -2.04. The topological polar surface area (TPSA) is 56.1 Å². The number of hydrogen-bond acceptors (Lipinski definition) is 3. The summed E-state index contributed by atoms with van der Waals surface area (Å²) in [6.07, 6.45) is 6.53. The van der Waals surface area contributed by atoms with Gasteiger partial charge in [0, 0.05) is 6.61 Å². The minimum absolute atomic E-state index is 0.0565. The molecule has 118 valence electrons. The second-order valence-corrected chi connectivity index (χ2v) is 5.34. The average Bonchev–Trinajstić information content (AvgIpc) is 2.95. The third-order valence-electron chi connectivity index (χ3n) is 3.09. The summed E-state index contributed by atoms with van der Waals surface area (Å²) in [7, 11) is 0. The molecule has 0 fully saturated rings. The Morgan fingerprint density at radius 3 is 2.95 bits per heavy atom. The van der Waals surface area contributed by atoms with Crippen molar-refractivity contribution in [1.82, 2.24) is 9.78 Å². The molecule has 0 spiro atoms. The molecule has 0 unspecified atom stereocenters. The molecule has 1 heterocycles. The predicted octanol–water partition coefficient (Wildman–Crippen LogP) is 3.67. The van der Waals surface area contributed by atoms with Gasteiger partial charge in [-0.25, -0.2) is 4.68 Å². The number of nitrogens with zero attached hydrogens (tertiary/aromatic N) is 2. The van der Waals surface area contributed by atoms with Gasteiger partial charge in [0.1, 0.15) is 6.61 Å². The van der Waals surface area contributed by atoms with E-state index in [0.717, 1.165) is 24.9 Å². The number of halogens is 1. The average molecular weight is 322 g/mol. The van der Waals surface area contributed by atoms with Crippen LogP contribution in [0.5, 0.6) is 0 Å². The molecule has 2 aromatic rings. The second-order valence-electron chi connectivity index (χ2n) is 4.93. The van der Waals surface area contributed by atoms with Gasteiger partial charge in [-0.05, 0) is 18.6 Å². The largest absolute Gasteiger partial charge is 0.372 e. The maximum absolute atomic E-state index is 11.8. The number of nitrogens with one attached hydrogen (secondary N) is 1. The Balaban J connectivity index is 1.84. The second kappa shape index (κ2) is 8.56. The van der Waals surface area contributed by atoms with Crippen LogP contribution in [0.4, 0.5) is 5.69 Å². The fraction of sp³-hybridized carbons (Fsp3) is 0.375. The van der Waals surface area contributed by atoms with Gasteiger partial charge < -0.3 is 10.1 Å². The first kappa shape index (κ1) is 16.5. The minimum Gasteiger partial charge on any atom is -0.372 e. The van der Waals surface area contributed by atoms with Crippen molar-refractivity contribution in [3.05, 3.63) is 41.7 Å². The van der Waals surface area contributed by atoms with E-state index in [1.54, 1.807) is 23.1 Å². The number of anilines is 1. The van der Waals surface area contributed by atoms with E-state index in [2.05, 4.69) is 17.3 Å². The van der Waals surface area contributed by atoms with Gasteiger partial charge in [0.25, 0.3) is 0 Å². The zero-order valence-corrected chi connectivity index (χ0v) is 13.3. The Bertz CT molecular complexity index is 613. The molecule has 0 aliphatic rings. The number of ether oxygens (including phenoxy) is 1. The van der Waals surface area contributed by atoms with Crippen LogP contribution in [0.15, 0.2) is 36.7 Å². The van der Waals surface area contributed by atoms with Crippen LogP contribution < -0.4 is 5.32 Å². The van der Waals surface area contributed by atoms with E-state index in [4.69, 9.17) is 16.3 Å². The summed E-state index contributed by atoms with van der Waals surface area (Å²) in [5.41, 5.74) is 1.38. The van der Waals surface area contributed by atoms with Gasteiger partial charge in [-0.1, -0.05) is 43.5 Å². The van der Waals surface area contributed by atoms with Crippen molar-refractivity contribution in [3.63, 3.8) is 0 Å². The van der Waals surface area contributed by atoms with Crippen molar-refractivity contribution in [2.24, 2.45) is 0 Å². The molecule has 22 heavy (non-hydrogen) atoms. The van der Waals surface area contributed by atoms with Crippen molar-refractivity contribution in [3.8, 4) is 5.69 Å². The molecule has 6 heteroatoms. The van der Waals surface area contributed by atoms with Crippen molar-refractivity contribution in [2.75, 3.05) is 18.5 Å². The third-order valence-corrected chi connectivity index (χ3v) is 3.41. The van der Waals surface area contributed by atoms with Crippen LogP contribution in [0.1, 0.15) is 26.2 Å². The number of unbranched alkanes of at least 4 members (excludes halogenated alkanes) is 2. The number of rotatable bonds is 8. The summed E-state index contributed by atoms with van der Waals surface area (Å²) < 4.78 is 6.94. The van der Waals surface area contributed by atoms with Crippen LogP contribution in [-0.4, -0.2) is 28.9 Å². The van der Waals surface area contributed by atoms with E-state index in [9.17, 15) is 4.79 Å². The molecular formula is C16H20ClN3O2. The normalized spacial score (nSPS) is 10.6. The van der Waals surface area contributed by atoms with E-state index in [1.807, 2.05) is 18.2 Å². The first-order valence-electron chi connectivity index (χ1n) is 7.38. The standard InChI is InChI=1S/C16H20ClN3O2/c1-2-3-6-9-22-12-16(21)19-13-10-18-20(11-13)15-8-5-4-7-14(15)17/h4-5,7-8,10-11H,2-3,6,9,12H2,1H3,(H,19,21). The Kier molecular flexibility index (Phi) is 6.43. The fourth-order valence-electron chi connectivity index (χ4n) is 1.97. The summed E-state index contributed by atoms with van der Waals surface area (Å²) in [5, 5.41) is 7.55. The maximum atomic E-state index is 11.8. The molecule has 2 rings (SSSR count). The molecule has 0 atom stereocenters. The number of amides is 1. The van der Waals surface area contributed by atoms with Gasteiger partial charge in [-0.15, -0.1) is 0 Å². The van der Waals surface area contributed by atoms with Gasteiger partial charge in [0.15, 0.2) is 0 Å². The molecule has 0 radical (unpaired) electrons. The third kappa shape index (κ3) is 4.86. The van der Waals surface area contributed by atoms with Crippen LogP contribution >= 0.6 is 11.6 Å². The zero-order valence-electron chi connectivity index (χ0n) is 12.6. The molecule has 1 N–H and O–H groups in total. The van der Waals surface area contributed by atoms with Crippen molar-refractivity contribution in [2.45, 2.75) is 26.2 Å². The number of hydrogen-bond donors (Lipinski definition) is 1. The Hall–Kier alpha value is -1.85. The van der Waals surface area contributed by atoms with E-state index < -0.39 is 0 Å². The van der Waals surface area contributed by atoms with Crippen LogP contribution in [0.3, 0.4) is 0 Å². The van der Waals surface area contributed by atoms with Gasteiger partial charge in [-0.2, -0.15) is 5.10 Å². The molecule has 0 saturated heterocycles. The highest BCUT2D eigenvalue weighted by atomic mass is 35.5. The van der Waals surface area contributed by atoms with E-state index in [0.29, 0.717) is 17.3 Å². The summed E-state index contributed by atoms with van der Waals surface area (Å²) in [5.74, 6) is -0.185. The number of para-hydroxylation sites is 1. The quantitative estimate of drug-likeness (QED) is 0.755. The lowest BCUT2D eigenvalue weighted by molar-refractivity contribution is -0.120. The first-order valence-corrected chi connectivity index (χ1v) is 7.75. The smallest absolute Gasteiger partial charge is 0.250 e. The number of aromatic nitrogens is 2. The van der Waals surface area contributed by atoms with Crippen molar-refractivity contribution < 1.29 is 9.53 Å². The van der Waals surface area contributed by atoms with E-state index in [-0.39, 0.29) is 12.5 Å². The van der Waals surface area contributed by atoms with Crippen LogP contribution in [0, 0.1) is 0 Å². The van der Waals surface area contributed by atoms with Crippen LogP contribution in [-0.2, 0) is 9.53 Å². The molecule has 1 aromatic carbocycles. The highest BCUT2D eigenvalue weighted by molar-refractivity contribution is 6.32. The molecule has 0 aliphatic heterocycles. The SMILES string of the molecule is CCCCCOCC(=O)Nc1cnn(-c2ccccc2Cl)c1. The number of carbonyl (C=O) groups is 1. The van der Waals surface area contributed by atoms with Gasteiger partial charge >= 0.3 is 0 Å². The fourth-order valence-corrected chi connectivity index (χ4v) is 2.20. The van der Waals surface area contributed by atoms with Crippen LogP contribution in [0.25, 0.3) is 5.69 Å².